The van der Waals surface area contributed by atoms with E-state index in [1.54, 1.807) is 12.1 Å². The quantitative estimate of drug-likeness (QED) is 0.864. The summed E-state index contributed by atoms with van der Waals surface area (Å²) in [5.41, 5.74) is 0.771. The first-order chi connectivity index (χ1) is 9.46. The van der Waals surface area contributed by atoms with E-state index in [-0.39, 0.29) is 23.3 Å². The van der Waals surface area contributed by atoms with Crippen LogP contribution in [0.15, 0.2) is 30.3 Å². The SMILES string of the molecule is O=C(/C=C/c1ccccc1Cl)NCC1CCS(=O)(=O)C1. The molecule has 1 atom stereocenters. The predicted octanol–water partition coefficient (Wildman–Crippen LogP) is 1.90. The summed E-state index contributed by atoms with van der Waals surface area (Å²) in [6, 6.07) is 7.23. The number of carbonyl (C=O) groups excluding carboxylic acids is 1. The fraction of sp³-hybridized carbons (Fsp3) is 0.357. The Morgan fingerprint density at radius 3 is 2.80 bits per heavy atom. The Kier molecular flexibility index (Phi) is 4.83. The van der Waals surface area contributed by atoms with Crippen molar-refractivity contribution >= 4 is 33.4 Å². The lowest BCUT2D eigenvalue weighted by Crippen LogP contribution is -2.28. The van der Waals surface area contributed by atoms with Gasteiger partial charge in [-0.2, -0.15) is 0 Å². The van der Waals surface area contributed by atoms with Crippen molar-refractivity contribution in [3.8, 4) is 0 Å². The molecule has 1 fully saturated rings. The van der Waals surface area contributed by atoms with E-state index in [0.717, 1.165) is 5.56 Å². The lowest BCUT2D eigenvalue weighted by molar-refractivity contribution is -0.116. The summed E-state index contributed by atoms with van der Waals surface area (Å²) in [4.78, 5) is 11.7. The topological polar surface area (TPSA) is 63.2 Å². The summed E-state index contributed by atoms with van der Waals surface area (Å²) >= 11 is 5.97. The highest BCUT2D eigenvalue weighted by molar-refractivity contribution is 7.91. The van der Waals surface area contributed by atoms with E-state index >= 15 is 0 Å². The van der Waals surface area contributed by atoms with Gasteiger partial charge in [0.25, 0.3) is 0 Å². The van der Waals surface area contributed by atoms with Crippen LogP contribution in [0.25, 0.3) is 6.08 Å². The van der Waals surface area contributed by atoms with Crippen molar-refractivity contribution in [2.24, 2.45) is 5.92 Å². The number of halogens is 1. The van der Waals surface area contributed by atoms with Crippen molar-refractivity contribution in [1.29, 1.82) is 0 Å². The predicted molar refractivity (Wildman–Crippen MR) is 80.3 cm³/mol. The molecule has 1 saturated heterocycles. The number of sulfone groups is 1. The molecule has 20 heavy (non-hydrogen) atoms. The summed E-state index contributed by atoms with van der Waals surface area (Å²) in [6.07, 6.45) is 3.67. The van der Waals surface area contributed by atoms with Gasteiger partial charge in [0.2, 0.25) is 5.91 Å². The summed E-state index contributed by atoms with van der Waals surface area (Å²) in [5.74, 6) is 0.178. The second kappa shape index (κ2) is 6.41. The third-order valence-corrected chi connectivity index (χ3v) is 5.39. The fourth-order valence-corrected chi connectivity index (χ4v) is 4.17. The molecular weight excluding hydrogens is 298 g/mol. The van der Waals surface area contributed by atoms with Gasteiger partial charge in [-0.15, -0.1) is 0 Å². The number of benzene rings is 1. The van der Waals surface area contributed by atoms with Crippen molar-refractivity contribution in [1.82, 2.24) is 5.32 Å². The van der Waals surface area contributed by atoms with Gasteiger partial charge in [0.1, 0.15) is 0 Å². The van der Waals surface area contributed by atoms with Crippen molar-refractivity contribution in [3.63, 3.8) is 0 Å². The standard InChI is InChI=1S/C14H16ClNO3S/c15-13-4-2-1-3-12(13)5-6-14(17)16-9-11-7-8-20(18,19)10-11/h1-6,11H,7-10H2,(H,16,17)/b6-5+. The highest BCUT2D eigenvalue weighted by Crippen LogP contribution is 2.18. The average molecular weight is 314 g/mol. The van der Waals surface area contributed by atoms with Crippen molar-refractivity contribution in [2.75, 3.05) is 18.1 Å². The van der Waals surface area contributed by atoms with Gasteiger partial charge in [-0.05, 0) is 30.0 Å². The maximum atomic E-state index is 11.7. The lowest BCUT2D eigenvalue weighted by atomic mass is 10.1. The molecule has 0 radical (unpaired) electrons. The molecule has 4 nitrogen and oxygen atoms in total. The Labute approximate surface area is 123 Å². The molecule has 0 aromatic heterocycles. The zero-order chi connectivity index (χ0) is 14.6. The molecule has 0 spiro atoms. The summed E-state index contributed by atoms with van der Waals surface area (Å²) in [5, 5.41) is 3.30. The van der Waals surface area contributed by atoms with E-state index in [9.17, 15) is 13.2 Å². The molecule has 1 aliphatic heterocycles. The number of hydrogen-bond acceptors (Lipinski definition) is 3. The highest BCUT2D eigenvalue weighted by atomic mass is 35.5. The Bertz CT molecular complexity index is 625. The fourth-order valence-electron chi connectivity index (χ4n) is 2.11. The van der Waals surface area contributed by atoms with Gasteiger partial charge in [0.05, 0.1) is 11.5 Å². The molecule has 2 rings (SSSR count). The molecule has 108 valence electrons. The van der Waals surface area contributed by atoms with E-state index in [0.29, 0.717) is 18.0 Å². The Morgan fingerprint density at radius 2 is 2.15 bits per heavy atom. The van der Waals surface area contributed by atoms with E-state index in [1.807, 2.05) is 18.2 Å². The van der Waals surface area contributed by atoms with Gasteiger partial charge < -0.3 is 5.32 Å². The normalized spacial score (nSPS) is 21.1. The molecule has 0 bridgehead atoms. The first kappa shape index (κ1) is 15.1. The summed E-state index contributed by atoms with van der Waals surface area (Å²) in [6.45, 7) is 0.394. The molecule has 1 aromatic carbocycles. The lowest BCUT2D eigenvalue weighted by Gasteiger charge is -2.07. The van der Waals surface area contributed by atoms with E-state index in [2.05, 4.69) is 5.32 Å². The van der Waals surface area contributed by atoms with Crippen LogP contribution in [0.4, 0.5) is 0 Å². The zero-order valence-corrected chi connectivity index (χ0v) is 12.5. The van der Waals surface area contributed by atoms with Crippen LogP contribution in [-0.4, -0.2) is 32.4 Å². The number of carbonyl (C=O) groups is 1. The van der Waals surface area contributed by atoms with Crippen LogP contribution < -0.4 is 5.32 Å². The average Bonchev–Trinajstić information content (AvgIpc) is 2.75. The monoisotopic (exact) mass is 313 g/mol. The zero-order valence-electron chi connectivity index (χ0n) is 10.9. The molecule has 1 amide bonds. The van der Waals surface area contributed by atoms with Crippen LogP contribution in [-0.2, 0) is 14.6 Å². The van der Waals surface area contributed by atoms with E-state index in [4.69, 9.17) is 11.6 Å². The van der Waals surface area contributed by atoms with Gasteiger partial charge in [0, 0.05) is 17.6 Å². The van der Waals surface area contributed by atoms with Gasteiger partial charge in [-0.1, -0.05) is 29.8 Å². The van der Waals surface area contributed by atoms with Gasteiger partial charge in [0.15, 0.2) is 9.84 Å². The minimum absolute atomic E-state index is 0.0256. The van der Waals surface area contributed by atoms with Crippen molar-refractivity contribution < 1.29 is 13.2 Å². The molecular formula is C14H16ClNO3S. The largest absolute Gasteiger partial charge is 0.352 e. The van der Waals surface area contributed by atoms with E-state index in [1.165, 1.54) is 6.08 Å². The van der Waals surface area contributed by atoms with Crippen LogP contribution in [0.3, 0.4) is 0 Å². The second-order valence-corrected chi connectivity index (χ2v) is 7.50. The van der Waals surface area contributed by atoms with Crippen LogP contribution in [0.1, 0.15) is 12.0 Å². The molecule has 0 aliphatic carbocycles. The van der Waals surface area contributed by atoms with Crippen LogP contribution in [0.5, 0.6) is 0 Å². The summed E-state index contributed by atoms with van der Waals surface area (Å²) in [7, 11) is -2.89. The van der Waals surface area contributed by atoms with Gasteiger partial charge in [-0.25, -0.2) is 8.42 Å². The second-order valence-electron chi connectivity index (χ2n) is 4.87. The Morgan fingerprint density at radius 1 is 1.40 bits per heavy atom. The number of nitrogens with one attached hydrogen (secondary N) is 1. The third-order valence-electron chi connectivity index (χ3n) is 3.21. The number of rotatable bonds is 4. The smallest absolute Gasteiger partial charge is 0.244 e. The highest BCUT2D eigenvalue weighted by Gasteiger charge is 2.27. The molecule has 0 saturated carbocycles. The summed E-state index contributed by atoms with van der Waals surface area (Å²) < 4.78 is 22.6. The minimum atomic E-state index is -2.89. The van der Waals surface area contributed by atoms with Crippen LogP contribution >= 0.6 is 11.6 Å². The molecule has 1 aliphatic rings. The van der Waals surface area contributed by atoms with Crippen molar-refractivity contribution in [2.45, 2.75) is 6.42 Å². The van der Waals surface area contributed by atoms with Crippen LogP contribution in [0.2, 0.25) is 5.02 Å². The van der Waals surface area contributed by atoms with Gasteiger partial charge >= 0.3 is 0 Å². The number of hydrogen-bond donors (Lipinski definition) is 1. The van der Waals surface area contributed by atoms with E-state index < -0.39 is 9.84 Å². The molecule has 1 N–H and O–H groups in total. The first-order valence-corrected chi connectivity index (χ1v) is 8.57. The Hall–Kier alpha value is -1.33. The van der Waals surface area contributed by atoms with Crippen LogP contribution in [0, 0.1) is 5.92 Å². The van der Waals surface area contributed by atoms with Crippen molar-refractivity contribution in [3.05, 3.63) is 40.9 Å². The number of amides is 1. The molecule has 1 aromatic rings. The molecule has 1 heterocycles. The Balaban J connectivity index is 1.83. The third kappa shape index (κ3) is 4.35. The maximum Gasteiger partial charge on any atom is 0.244 e. The molecule has 6 heteroatoms. The maximum absolute atomic E-state index is 11.7. The minimum Gasteiger partial charge on any atom is -0.352 e. The van der Waals surface area contributed by atoms with Gasteiger partial charge in [-0.3, -0.25) is 4.79 Å². The first-order valence-electron chi connectivity index (χ1n) is 6.37. The molecule has 1 unspecified atom stereocenters.